The molecule has 0 saturated heterocycles. The highest BCUT2D eigenvalue weighted by molar-refractivity contribution is 7.22. The minimum Gasteiger partial charge on any atom is -0.489 e. The van der Waals surface area contributed by atoms with Crippen LogP contribution in [0.25, 0.3) is 21.5 Å². The van der Waals surface area contributed by atoms with Crippen LogP contribution in [0.2, 0.25) is 10.0 Å². The number of aromatic nitrogens is 2. The Morgan fingerprint density at radius 2 is 1.93 bits per heavy atom. The lowest BCUT2D eigenvalue weighted by molar-refractivity contribution is 0.0441. The molecule has 0 unspecified atom stereocenters. The van der Waals surface area contributed by atoms with Gasteiger partial charge in [0.1, 0.15) is 22.7 Å². The number of anilines is 1. The first-order chi connectivity index (χ1) is 20.2. The lowest BCUT2D eigenvalue weighted by Gasteiger charge is -2.24. The molecule has 0 radical (unpaired) electrons. The number of ether oxygens (including phenoxy) is 3. The van der Waals surface area contributed by atoms with Gasteiger partial charge in [-0.1, -0.05) is 45.8 Å². The number of carbonyl (C=O) groups is 1. The third-order valence-corrected chi connectivity index (χ3v) is 9.59. The normalized spacial score (nSPS) is 18.6. The average molecular weight is 631 g/mol. The molecule has 2 atom stereocenters. The maximum atomic E-state index is 12.3. The van der Waals surface area contributed by atoms with Crippen LogP contribution in [0.1, 0.15) is 73.6 Å². The number of hydrogen-bond acceptors (Lipinski definition) is 9. The van der Waals surface area contributed by atoms with Crippen molar-refractivity contribution in [1.29, 1.82) is 0 Å². The van der Waals surface area contributed by atoms with Gasteiger partial charge < -0.3 is 23.6 Å². The van der Waals surface area contributed by atoms with Crippen LogP contribution in [-0.4, -0.2) is 48.5 Å². The van der Waals surface area contributed by atoms with E-state index in [0.29, 0.717) is 45.1 Å². The Bertz CT molecular complexity index is 1600. The third kappa shape index (κ3) is 5.84. The molecule has 0 N–H and O–H groups in total. The number of hydrogen-bond donors (Lipinski definition) is 0. The van der Waals surface area contributed by atoms with E-state index in [1.807, 2.05) is 38.1 Å². The summed E-state index contributed by atoms with van der Waals surface area (Å²) < 4.78 is 24.2. The molecule has 8 nitrogen and oxygen atoms in total. The van der Waals surface area contributed by atoms with Gasteiger partial charge in [-0.3, -0.25) is 0 Å². The Kier molecular flexibility index (Phi) is 8.37. The van der Waals surface area contributed by atoms with Gasteiger partial charge in [-0.15, -0.1) is 0 Å². The van der Waals surface area contributed by atoms with Crippen LogP contribution in [0.15, 0.2) is 34.9 Å². The zero-order chi connectivity index (χ0) is 29.5. The van der Waals surface area contributed by atoms with Crippen LogP contribution in [0.3, 0.4) is 0 Å². The van der Waals surface area contributed by atoms with Crippen molar-refractivity contribution in [3.8, 4) is 17.0 Å². The van der Waals surface area contributed by atoms with Crippen molar-refractivity contribution >= 4 is 55.9 Å². The summed E-state index contributed by atoms with van der Waals surface area (Å²) in [6, 6.07) is 9.24. The van der Waals surface area contributed by atoms with Crippen molar-refractivity contribution in [1.82, 2.24) is 10.1 Å². The minimum absolute atomic E-state index is 0.0583. The smallest absolute Gasteiger partial charge is 0.338 e. The lowest BCUT2D eigenvalue weighted by Crippen LogP contribution is -2.29. The number of esters is 1. The molecule has 4 aromatic rings. The summed E-state index contributed by atoms with van der Waals surface area (Å²) in [7, 11) is 3.44. The minimum atomic E-state index is -0.401. The SMILES string of the molecule is COC(=O)c1cc(OC(C)C)c2nc(N(C)[C@@H]3CC[C@H](OCc4c(-c5c(Cl)cccc5Cl)noc4C4CC4)C3)sc2c1. The molecule has 222 valence electrons. The van der Waals surface area contributed by atoms with E-state index in [2.05, 4.69) is 17.1 Å². The highest BCUT2D eigenvalue weighted by atomic mass is 35.5. The molecular weight excluding hydrogens is 597 g/mol. The van der Waals surface area contributed by atoms with Gasteiger partial charge >= 0.3 is 5.97 Å². The van der Waals surface area contributed by atoms with E-state index in [9.17, 15) is 4.79 Å². The number of nitrogens with zero attached hydrogens (tertiary/aromatic N) is 3. The maximum absolute atomic E-state index is 12.3. The number of halogens is 2. The van der Waals surface area contributed by atoms with Gasteiger partial charge in [0.25, 0.3) is 0 Å². The average Bonchev–Trinajstić information content (AvgIpc) is 3.34. The number of carbonyl (C=O) groups excluding carboxylic acids is 1. The molecule has 0 bridgehead atoms. The van der Waals surface area contributed by atoms with Gasteiger partial charge in [-0.2, -0.15) is 0 Å². The van der Waals surface area contributed by atoms with E-state index in [-0.39, 0.29) is 18.2 Å². The molecule has 2 aromatic carbocycles. The van der Waals surface area contributed by atoms with Gasteiger partial charge in [0.2, 0.25) is 0 Å². The van der Waals surface area contributed by atoms with Gasteiger partial charge in [0.15, 0.2) is 5.13 Å². The van der Waals surface area contributed by atoms with E-state index in [1.54, 1.807) is 17.4 Å². The topological polar surface area (TPSA) is 86.9 Å². The molecule has 0 aliphatic heterocycles. The lowest BCUT2D eigenvalue weighted by atomic mass is 10.0. The van der Waals surface area contributed by atoms with Gasteiger partial charge in [-0.25, -0.2) is 9.78 Å². The second kappa shape index (κ2) is 12.0. The number of thiazole rings is 1. The summed E-state index contributed by atoms with van der Waals surface area (Å²) in [5, 5.41) is 6.34. The van der Waals surface area contributed by atoms with Crippen molar-refractivity contribution in [2.24, 2.45) is 0 Å². The highest BCUT2D eigenvalue weighted by Gasteiger charge is 2.35. The van der Waals surface area contributed by atoms with Gasteiger partial charge in [0.05, 0.1) is 46.2 Å². The number of methoxy groups -OCH3 is 1. The molecule has 0 spiro atoms. The Morgan fingerprint density at radius 3 is 2.62 bits per heavy atom. The number of fused-ring (bicyclic) bond motifs is 1. The van der Waals surface area contributed by atoms with Crippen molar-refractivity contribution < 1.29 is 23.5 Å². The standard InChI is InChI=1S/C31H33Cl2N3O5S/c1-16(2)40-24-12-18(30(37)38-4)13-25-28(24)34-31(42-25)36(3)19-10-11-20(14-19)39-15-21-27(35-41-29(21)17-8-9-17)26-22(32)6-5-7-23(26)33/h5-7,12-13,16-17,19-20H,8-11,14-15H2,1-4H3/t19-,20+/m1/s1. The first-order valence-electron chi connectivity index (χ1n) is 14.2. The molecule has 2 fully saturated rings. The van der Waals surface area contributed by atoms with E-state index >= 15 is 0 Å². The second-order valence-electron chi connectivity index (χ2n) is 11.2. The van der Waals surface area contributed by atoms with Crippen LogP contribution >= 0.6 is 34.5 Å². The van der Waals surface area contributed by atoms with Crippen LogP contribution in [0, 0.1) is 0 Å². The zero-order valence-electron chi connectivity index (χ0n) is 24.0. The third-order valence-electron chi connectivity index (χ3n) is 7.87. The summed E-state index contributed by atoms with van der Waals surface area (Å²) in [6.45, 7) is 4.29. The van der Waals surface area contributed by atoms with E-state index in [4.69, 9.17) is 46.9 Å². The second-order valence-corrected chi connectivity index (χ2v) is 13.1. The van der Waals surface area contributed by atoms with E-state index < -0.39 is 5.97 Å². The Hall–Kier alpha value is -2.85. The molecule has 2 aliphatic rings. The van der Waals surface area contributed by atoms with Crippen LogP contribution in [0.5, 0.6) is 5.75 Å². The maximum Gasteiger partial charge on any atom is 0.338 e. The number of benzene rings is 2. The summed E-state index contributed by atoms with van der Waals surface area (Å²) in [6.07, 6.45) is 4.96. The first kappa shape index (κ1) is 29.2. The highest BCUT2D eigenvalue weighted by Crippen LogP contribution is 2.46. The summed E-state index contributed by atoms with van der Waals surface area (Å²) in [5.41, 5.74) is 3.49. The molecule has 6 rings (SSSR count). The van der Waals surface area contributed by atoms with Gasteiger partial charge in [-0.05, 0) is 70.2 Å². The molecule has 2 aromatic heterocycles. The predicted octanol–water partition coefficient (Wildman–Crippen LogP) is 8.28. The molecule has 11 heteroatoms. The predicted molar refractivity (Wildman–Crippen MR) is 165 cm³/mol. The monoisotopic (exact) mass is 629 g/mol. The Morgan fingerprint density at radius 1 is 1.17 bits per heavy atom. The zero-order valence-corrected chi connectivity index (χ0v) is 26.3. The summed E-state index contributed by atoms with van der Waals surface area (Å²) in [5.74, 6) is 1.44. The van der Waals surface area contributed by atoms with Gasteiger partial charge in [0, 0.05) is 30.1 Å². The Labute approximate surface area is 258 Å². The quantitative estimate of drug-likeness (QED) is 0.162. The Balaban J connectivity index is 1.18. The summed E-state index contributed by atoms with van der Waals surface area (Å²) in [4.78, 5) is 19.4. The van der Waals surface area contributed by atoms with Crippen LogP contribution in [-0.2, 0) is 16.1 Å². The van der Waals surface area contributed by atoms with E-state index in [0.717, 1.165) is 58.8 Å². The molecule has 0 amide bonds. The van der Waals surface area contributed by atoms with Crippen molar-refractivity contribution in [3.63, 3.8) is 0 Å². The molecule has 2 saturated carbocycles. The summed E-state index contributed by atoms with van der Waals surface area (Å²) >= 11 is 14.6. The van der Waals surface area contributed by atoms with Crippen molar-refractivity contribution in [3.05, 3.63) is 57.3 Å². The number of rotatable bonds is 10. The largest absolute Gasteiger partial charge is 0.489 e. The van der Waals surface area contributed by atoms with Crippen LogP contribution in [0.4, 0.5) is 5.13 Å². The first-order valence-corrected chi connectivity index (χ1v) is 15.8. The van der Waals surface area contributed by atoms with Crippen molar-refractivity contribution in [2.45, 2.75) is 76.7 Å². The van der Waals surface area contributed by atoms with E-state index in [1.165, 1.54) is 7.11 Å². The molecule has 2 aliphatic carbocycles. The molecule has 42 heavy (non-hydrogen) atoms. The fourth-order valence-corrected chi connectivity index (χ4v) is 7.18. The molecular formula is C31H33Cl2N3O5S. The fourth-order valence-electron chi connectivity index (χ4n) is 5.54. The molecule has 2 heterocycles. The van der Waals surface area contributed by atoms with Crippen LogP contribution < -0.4 is 9.64 Å². The fraction of sp³-hybridized carbons (Fsp3) is 0.452. The van der Waals surface area contributed by atoms with Crippen molar-refractivity contribution in [2.75, 3.05) is 19.1 Å².